The molecule has 4 nitrogen and oxygen atoms in total. The molecule has 4 atom stereocenters. The average Bonchev–Trinajstić information content (AvgIpc) is 3.14. The number of nitriles is 1. The Morgan fingerprint density at radius 2 is 1.55 bits per heavy atom. The first kappa shape index (κ1) is 11.4. The Balaban J connectivity index is 1.72. The second-order valence-electron chi connectivity index (χ2n) is 5.67. The van der Waals surface area contributed by atoms with E-state index in [9.17, 15) is 9.59 Å². The molecule has 98 valence electrons. The van der Waals surface area contributed by atoms with Crippen LogP contribution >= 0.6 is 0 Å². The Hall–Kier alpha value is -2.41. The number of imide groups is 1. The Kier molecular flexibility index (Phi) is 2.17. The van der Waals surface area contributed by atoms with Crippen LogP contribution in [0.1, 0.15) is 12.0 Å². The van der Waals surface area contributed by atoms with Crippen LogP contribution in [0.3, 0.4) is 0 Å². The summed E-state index contributed by atoms with van der Waals surface area (Å²) >= 11 is 0. The molecule has 3 aliphatic rings. The van der Waals surface area contributed by atoms with Crippen molar-refractivity contribution in [3.05, 3.63) is 42.0 Å². The minimum absolute atomic E-state index is 0.0819. The fraction of sp³-hybridized carbons (Fsp3) is 0.312. The van der Waals surface area contributed by atoms with Gasteiger partial charge in [0.15, 0.2) is 0 Å². The van der Waals surface area contributed by atoms with E-state index in [1.807, 2.05) is 6.07 Å². The Morgan fingerprint density at radius 3 is 2.05 bits per heavy atom. The lowest BCUT2D eigenvalue weighted by molar-refractivity contribution is -0.123. The van der Waals surface area contributed by atoms with Crippen molar-refractivity contribution in [1.82, 2.24) is 0 Å². The van der Waals surface area contributed by atoms with Crippen LogP contribution in [0.15, 0.2) is 36.4 Å². The molecule has 0 N–H and O–H groups in total. The number of hydrogen-bond donors (Lipinski definition) is 0. The third-order valence-electron chi connectivity index (χ3n) is 4.72. The van der Waals surface area contributed by atoms with Crippen molar-refractivity contribution in [2.24, 2.45) is 23.7 Å². The largest absolute Gasteiger partial charge is 0.274 e. The molecule has 1 saturated carbocycles. The number of fused-ring (bicyclic) bond motifs is 5. The van der Waals surface area contributed by atoms with E-state index in [-0.39, 0.29) is 35.5 Å². The highest BCUT2D eigenvalue weighted by Gasteiger charge is 2.59. The van der Waals surface area contributed by atoms with Crippen molar-refractivity contribution in [2.45, 2.75) is 6.42 Å². The zero-order valence-electron chi connectivity index (χ0n) is 10.7. The van der Waals surface area contributed by atoms with Gasteiger partial charge in [-0.05, 0) is 42.5 Å². The number of carbonyl (C=O) groups is 2. The Bertz CT molecular complexity index is 653. The van der Waals surface area contributed by atoms with Gasteiger partial charge in [-0.3, -0.25) is 14.5 Å². The van der Waals surface area contributed by atoms with E-state index in [4.69, 9.17) is 5.26 Å². The van der Waals surface area contributed by atoms with Gasteiger partial charge in [0.2, 0.25) is 11.8 Å². The minimum atomic E-state index is -0.173. The topological polar surface area (TPSA) is 61.2 Å². The van der Waals surface area contributed by atoms with Crippen LogP contribution in [0.2, 0.25) is 0 Å². The molecule has 2 bridgehead atoms. The fourth-order valence-corrected chi connectivity index (χ4v) is 3.84. The van der Waals surface area contributed by atoms with Crippen LogP contribution < -0.4 is 4.90 Å². The summed E-state index contributed by atoms with van der Waals surface area (Å²) in [4.78, 5) is 26.4. The van der Waals surface area contributed by atoms with E-state index < -0.39 is 0 Å². The number of carbonyl (C=O) groups excluding carboxylic acids is 2. The van der Waals surface area contributed by atoms with Gasteiger partial charge in [-0.25, -0.2) is 0 Å². The molecule has 0 aromatic heterocycles. The van der Waals surface area contributed by atoms with Crippen LogP contribution in [-0.2, 0) is 9.59 Å². The van der Waals surface area contributed by atoms with E-state index >= 15 is 0 Å². The molecule has 2 amide bonds. The van der Waals surface area contributed by atoms with Crippen LogP contribution in [0, 0.1) is 35.0 Å². The molecule has 2 aliphatic carbocycles. The van der Waals surface area contributed by atoms with Gasteiger partial charge in [0.25, 0.3) is 0 Å². The predicted octanol–water partition coefficient (Wildman–Crippen LogP) is 1.87. The SMILES string of the molecule is N#Cc1ccc(N2C(=O)[C@@H]3[C@H](C2=O)[C@@H]2C=C[C@@H]3C2)cc1. The molecule has 0 unspecified atom stereocenters. The molecule has 1 aliphatic heterocycles. The zero-order chi connectivity index (χ0) is 13.9. The zero-order valence-corrected chi connectivity index (χ0v) is 10.7. The van der Waals surface area contributed by atoms with E-state index in [2.05, 4.69) is 12.2 Å². The van der Waals surface area contributed by atoms with E-state index in [0.29, 0.717) is 11.3 Å². The van der Waals surface area contributed by atoms with E-state index in [0.717, 1.165) is 6.42 Å². The van der Waals surface area contributed by atoms with Crippen LogP contribution in [0.25, 0.3) is 0 Å². The van der Waals surface area contributed by atoms with Gasteiger partial charge in [-0.1, -0.05) is 12.2 Å². The summed E-state index contributed by atoms with van der Waals surface area (Å²) in [6.07, 6.45) is 5.10. The van der Waals surface area contributed by atoms with Crippen molar-refractivity contribution < 1.29 is 9.59 Å². The highest BCUT2D eigenvalue weighted by molar-refractivity contribution is 6.22. The van der Waals surface area contributed by atoms with Crippen molar-refractivity contribution in [2.75, 3.05) is 4.90 Å². The average molecular weight is 264 g/mol. The molecular formula is C16H12N2O2. The second-order valence-corrected chi connectivity index (χ2v) is 5.67. The minimum Gasteiger partial charge on any atom is -0.274 e. The van der Waals surface area contributed by atoms with Crippen LogP contribution in [-0.4, -0.2) is 11.8 Å². The molecule has 2 fully saturated rings. The standard InChI is InChI=1S/C16H12N2O2/c17-8-9-1-5-12(6-2-9)18-15(19)13-10-3-4-11(7-10)14(13)16(18)20/h1-6,10-11,13-14H,7H2/t10-,11-,13-,14+/m1/s1. The van der Waals surface area contributed by atoms with Gasteiger partial charge >= 0.3 is 0 Å². The number of benzene rings is 1. The van der Waals surface area contributed by atoms with Crippen molar-refractivity contribution in [3.8, 4) is 6.07 Å². The fourth-order valence-electron chi connectivity index (χ4n) is 3.84. The maximum Gasteiger partial charge on any atom is 0.238 e. The molecular weight excluding hydrogens is 252 g/mol. The molecule has 0 radical (unpaired) electrons. The van der Waals surface area contributed by atoms with Crippen LogP contribution in [0.5, 0.6) is 0 Å². The van der Waals surface area contributed by atoms with Gasteiger partial charge < -0.3 is 0 Å². The van der Waals surface area contributed by atoms with E-state index in [1.54, 1.807) is 24.3 Å². The van der Waals surface area contributed by atoms with Crippen LogP contribution in [0.4, 0.5) is 5.69 Å². The predicted molar refractivity (Wildman–Crippen MR) is 71.4 cm³/mol. The summed E-state index contributed by atoms with van der Waals surface area (Å²) in [7, 11) is 0. The Morgan fingerprint density at radius 1 is 1.00 bits per heavy atom. The van der Waals surface area contributed by atoms with Gasteiger partial charge in [0.1, 0.15) is 0 Å². The van der Waals surface area contributed by atoms with Gasteiger partial charge in [0.05, 0.1) is 29.2 Å². The number of rotatable bonds is 1. The summed E-state index contributed by atoms with van der Waals surface area (Å²) in [6, 6.07) is 8.65. The molecule has 0 spiro atoms. The lowest BCUT2D eigenvalue weighted by atomic mass is 9.85. The van der Waals surface area contributed by atoms with Gasteiger partial charge in [-0.15, -0.1) is 0 Å². The molecule has 1 heterocycles. The maximum absolute atomic E-state index is 12.5. The summed E-state index contributed by atoms with van der Waals surface area (Å²) in [5, 5.41) is 8.80. The first-order valence-corrected chi connectivity index (χ1v) is 6.77. The third kappa shape index (κ3) is 1.30. The molecule has 4 heteroatoms. The highest BCUT2D eigenvalue weighted by Crippen LogP contribution is 2.53. The number of nitrogens with zero attached hydrogens (tertiary/aromatic N) is 2. The maximum atomic E-state index is 12.5. The third-order valence-corrected chi connectivity index (χ3v) is 4.72. The second kappa shape index (κ2) is 3.80. The first-order chi connectivity index (χ1) is 9.70. The van der Waals surface area contributed by atoms with Crippen molar-refractivity contribution >= 4 is 17.5 Å². The summed E-state index contributed by atoms with van der Waals surface area (Å²) in [6.45, 7) is 0. The summed E-state index contributed by atoms with van der Waals surface area (Å²) < 4.78 is 0. The number of amides is 2. The molecule has 20 heavy (non-hydrogen) atoms. The Labute approximate surface area is 116 Å². The summed E-state index contributed by atoms with van der Waals surface area (Å²) in [5.74, 6) is -0.0564. The normalized spacial score (nSPS) is 33.6. The molecule has 1 saturated heterocycles. The quantitative estimate of drug-likeness (QED) is 0.574. The first-order valence-electron chi connectivity index (χ1n) is 6.77. The smallest absolute Gasteiger partial charge is 0.238 e. The summed E-state index contributed by atoms with van der Waals surface area (Å²) in [5.41, 5.74) is 1.10. The number of allylic oxidation sites excluding steroid dienone is 2. The molecule has 1 aromatic rings. The van der Waals surface area contributed by atoms with E-state index in [1.165, 1.54) is 4.90 Å². The lowest BCUT2D eigenvalue weighted by Gasteiger charge is -2.17. The number of hydrogen-bond acceptors (Lipinski definition) is 3. The van der Waals surface area contributed by atoms with Gasteiger partial charge in [0, 0.05) is 0 Å². The number of anilines is 1. The molecule has 4 rings (SSSR count). The van der Waals surface area contributed by atoms with Crippen molar-refractivity contribution in [1.29, 1.82) is 5.26 Å². The van der Waals surface area contributed by atoms with Crippen molar-refractivity contribution in [3.63, 3.8) is 0 Å². The molecule has 1 aromatic carbocycles. The lowest BCUT2D eigenvalue weighted by Crippen LogP contribution is -2.32. The van der Waals surface area contributed by atoms with Gasteiger partial charge in [-0.2, -0.15) is 5.26 Å². The monoisotopic (exact) mass is 264 g/mol. The highest BCUT2D eigenvalue weighted by atomic mass is 16.2.